The molecule has 5 atom stereocenters. The molecule has 2 aromatic rings. The normalized spacial score (nSPS) is 27.2. The number of carbonyl (C=O) groups is 2. The van der Waals surface area contributed by atoms with Gasteiger partial charge < -0.3 is 29.9 Å². The first-order valence-corrected chi connectivity index (χ1v) is 12.1. The van der Waals surface area contributed by atoms with E-state index in [-0.39, 0.29) is 18.4 Å². The molecular formula is C24H27NO8S. The van der Waals surface area contributed by atoms with Crippen molar-refractivity contribution in [2.24, 2.45) is 0 Å². The molecule has 2 heterocycles. The number of aliphatic hydroxyl groups excluding tert-OH is 4. The summed E-state index contributed by atoms with van der Waals surface area (Å²) in [4.78, 5) is 27.0. The highest BCUT2D eigenvalue weighted by Crippen LogP contribution is 2.30. The van der Waals surface area contributed by atoms with E-state index in [4.69, 9.17) is 9.47 Å². The van der Waals surface area contributed by atoms with Crippen molar-refractivity contribution in [3.63, 3.8) is 0 Å². The molecule has 2 aliphatic heterocycles. The van der Waals surface area contributed by atoms with Crippen LogP contribution in [0.1, 0.15) is 20.7 Å². The van der Waals surface area contributed by atoms with Gasteiger partial charge in [0.25, 0.3) is 11.8 Å². The van der Waals surface area contributed by atoms with Gasteiger partial charge in [0, 0.05) is 34.6 Å². The summed E-state index contributed by atoms with van der Waals surface area (Å²) in [6, 6.07) is 10.9. The molecule has 4 rings (SSSR count). The summed E-state index contributed by atoms with van der Waals surface area (Å²) in [7, 11) is 0. The Morgan fingerprint density at radius 1 is 0.971 bits per heavy atom. The van der Waals surface area contributed by atoms with Crippen molar-refractivity contribution in [2.75, 3.05) is 31.3 Å². The largest absolute Gasteiger partial charge is 0.394 e. The van der Waals surface area contributed by atoms with E-state index in [0.717, 1.165) is 5.39 Å². The molecule has 4 N–H and O–H groups in total. The monoisotopic (exact) mass is 489 g/mol. The Morgan fingerprint density at radius 3 is 2.29 bits per heavy atom. The zero-order chi connectivity index (χ0) is 24.2. The van der Waals surface area contributed by atoms with Crippen molar-refractivity contribution >= 4 is 34.3 Å². The number of imide groups is 1. The minimum Gasteiger partial charge on any atom is -0.394 e. The van der Waals surface area contributed by atoms with Gasteiger partial charge in [0.15, 0.2) is 6.29 Å². The van der Waals surface area contributed by atoms with Crippen LogP contribution in [-0.2, 0) is 9.47 Å². The van der Waals surface area contributed by atoms with Gasteiger partial charge in [-0.15, -0.1) is 0 Å². The molecule has 0 spiro atoms. The van der Waals surface area contributed by atoms with Crippen LogP contribution in [0, 0.1) is 0 Å². The fourth-order valence-corrected chi connectivity index (χ4v) is 4.83. The first kappa shape index (κ1) is 24.8. The van der Waals surface area contributed by atoms with Gasteiger partial charge in [-0.2, -0.15) is 11.8 Å². The maximum atomic E-state index is 12.9. The second-order valence-corrected chi connectivity index (χ2v) is 9.20. The number of benzene rings is 2. The van der Waals surface area contributed by atoms with Crippen molar-refractivity contribution in [3.8, 4) is 0 Å². The molecule has 2 amide bonds. The third-order valence-electron chi connectivity index (χ3n) is 5.90. The third-order valence-corrected chi connectivity index (χ3v) is 6.80. The number of nitrogens with zero attached hydrogens (tertiary/aromatic N) is 1. The highest BCUT2D eigenvalue weighted by atomic mass is 32.2. The van der Waals surface area contributed by atoms with E-state index in [9.17, 15) is 30.0 Å². The summed E-state index contributed by atoms with van der Waals surface area (Å²) in [5.41, 5.74) is 1.09. The molecule has 0 radical (unpaired) electrons. The van der Waals surface area contributed by atoms with Crippen LogP contribution in [0.5, 0.6) is 0 Å². The summed E-state index contributed by atoms with van der Waals surface area (Å²) in [5.74, 6) is 0.616. The molecule has 0 saturated carbocycles. The number of ether oxygens (including phenoxy) is 2. The highest BCUT2D eigenvalue weighted by Gasteiger charge is 2.43. The quantitative estimate of drug-likeness (QED) is 0.226. The van der Waals surface area contributed by atoms with Crippen molar-refractivity contribution in [2.45, 2.75) is 30.7 Å². The van der Waals surface area contributed by atoms with E-state index in [2.05, 4.69) is 0 Å². The van der Waals surface area contributed by atoms with Crippen molar-refractivity contribution in [1.29, 1.82) is 0 Å². The lowest BCUT2D eigenvalue weighted by atomic mass is 9.94. The number of hydrogen-bond acceptors (Lipinski definition) is 9. The zero-order valence-electron chi connectivity index (χ0n) is 18.3. The van der Waals surface area contributed by atoms with E-state index in [1.165, 1.54) is 4.90 Å². The first-order chi connectivity index (χ1) is 16.4. The van der Waals surface area contributed by atoms with Gasteiger partial charge in [-0.05, 0) is 17.5 Å². The molecule has 2 aliphatic rings. The van der Waals surface area contributed by atoms with Crippen LogP contribution < -0.4 is 0 Å². The average Bonchev–Trinajstić information content (AvgIpc) is 2.85. The van der Waals surface area contributed by atoms with Gasteiger partial charge >= 0.3 is 0 Å². The number of hydrogen-bond donors (Lipinski definition) is 4. The number of thioether (sulfide) groups is 1. The Labute approximate surface area is 200 Å². The lowest BCUT2D eigenvalue weighted by Crippen LogP contribution is -2.59. The van der Waals surface area contributed by atoms with Gasteiger partial charge in [0.1, 0.15) is 24.4 Å². The minimum absolute atomic E-state index is 0.0904. The highest BCUT2D eigenvalue weighted by molar-refractivity contribution is 7.99. The second-order valence-electron chi connectivity index (χ2n) is 8.05. The number of amides is 2. The molecule has 5 unspecified atom stereocenters. The zero-order valence-corrected chi connectivity index (χ0v) is 19.1. The topological polar surface area (TPSA) is 137 Å². The Bertz CT molecular complexity index is 1020. The molecule has 10 heteroatoms. The maximum absolute atomic E-state index is 12.9. The number of carbonyl (C=O) groups excluding carboxylic acids is 2. The van der Waals surface area contributed by atoms with E-state index >= 15 is 0 Å². The number of aliphatic hydroxyl groups is 4. The first-order valence-electron chi connectivity index (χ1n) is 11.0. The second kappa shape index (κ2) is 11.0. The van der Waals surface area contributed by atoms with Crippen LogP contribution in [0.15, 0.2) is 48.6 Å². The van der Waals surface area contributed by atoms with E-state index in [1.54, 1.807) is 30.0 Å². The van der Waals surface area contributed by atoms with Crippen LogP contribution in [-0.4, -0.2) is 99.1 Å². The fourth-order valence-electron chi connectivity index (χ4n) is 4.08. The van der Waals surface area contributed by atoms with Crippen LogP contribution in [0.2, 0.25) is 0 Å². The summed E-state index contributed by atoms with van der Waals surface area (Å²) in [5, 5.41) is 40.3. The standard InChI is InChI=1S/C24H27NO8S/c26-13-17-19(27)20(28)21(29)24(33-17)32-10-1-2-11-34-12-9-25-22(30)15-7-3-5-14-6-4-8-16(18(14)15)23(25)31/h1-8,17,19-21,24,26-29H,9-13H2/b2-1+. The van der Waals surface area contributed by atoms with Gasteiger partial charge in [0.05, 0.1) is 13.2 Å². The van der Waals surface area contributed by atoms with Crippen molar-refractivity contribution in [1.82, 2.24) is 4.90 Å². The fraction of sp³-hybridized carbons (Fsp3) is 0.417. The molecule has 34 heavy (non-hydrogen) atoms. The Morgan fingerprint density at radius 2 is 1.65 bits per heavy atom. The van der Waals surface area contributed by atoms with Gasteiger partial charge in [-0.25, -0.2) is 0 Å². The molecule has 0 bridgehead atoms. The Balaban J connectivity index is 1.22. The maximum Gasteiger partial charge on any atom is 0.261 e. The van der Waals surface area contributed by atoms with Crippen LogP contribution in [0.25, 0.3) is 10.8 Å². The molecular weight excluding hydrogens is 462 g/mol. The van der Waals surface area contributed by atoms with Gasteiger partial charge in [-0.3, -0.25) is 14.5 Å². The van der Waals surface area contributed by atoms with Crippen LogP contribution in [0.4, 0.5) is 0 Å². The van der Waals surface area contributed by atoms with Crippen molar-refractivity contribution < 1.29 is 39.5 Å². The predicted molar refractivity (Wildman–Crippen MR) is 125 cm³/mol. The molecule has 182 valence electrons. The van der Waals surface area contributed by atoms with E-state index < -0.39 is 37.3 Å². The lowest BCUT2D eigenvalue weighted by Gasteiger charge is -2.39. The van der Waals surface area contributed by atoms with Crippen molar-refractivity contribution in [3.05, 3.63) is 59.7 Å². The lowest BCUT2D eigenvalue weighted by molar-refractivity contribution is -0.298. The smallest absolute Gasteiger partial charge is 0.261 e. The Kier molecular flexibility index (Phi) is 7.99. The number of rotatable bonds is 9. The SMILES string of the molecule is O=C1c2cccc3cccc(c23)C(=O)N1CCSC/C=C/COC1OC(CO)C(O)C(O)C1O. The van der Waals surface area contributed by atoms with Gasteiger partial charge in [0.2, 0.25) is 0 Å². The third kappa shape index (κ3) is 4.89. The summed E-state index contributed by atoms with van der Waals surface area (Å²) in [6.45, 7) is -0.130. The summed E-state index contributed by atoms with van der Waals surface area (Å²) < 4.78 is 10.7. The average molecular weight is 490 g/mol. The molecule has 1 saturated heterocycles. The Hall–Kier alpha value is -2.31. The molecule has 1 fully saturated rings. The summed E-state index contributed by atoms with van der Waals surface area (Å²) in [6.07, 6.45) is -2.97. The van der Waals surface area contributed by atoms with E-state index in [0.29, 0.717) is 34.6 Å². The van der Waals surface area contributed by atoms with Gasteiger partial charge in [-0.1, -0.05) is 36.4 Å². The molecule has 0 aliphatic carbocycles. The molecule has 9 nitrogen and oxygen atoms in total. The van der Waals surface area contributed by atoms with Crippen LogP contribution in [0.3, 0.4) is 0 Å². The van der Waals surface area contributed by atoms with Crippen LogP contribution >= 0.6 is 11.8 Å². The molecule has 0 aromatic heterocycles. The summed E-state index contributed by atoms with van der Waals surface area (Å²) >= 11 is 1.54. The molecule has 2 aromatic carbocycles. The predicted octanol–water partition coefficient (Wildman–Crippen LogP) is 0.542. The minimum atomic E-state index is -1.48. The van der Waals surface area contributed by atoms with E-state index in [1.807, 2.05) is 30.3 Å².